The minimum Gasteiger partial charge on any atom is -0.481 e. The molecule has 0 saturated carbocycles. The molecule has 0 aliphatic heterocycles. The minimum atomic E-state index is -1.92. The van der Waals surface area contributed by atoms with Gasteiger partial charge in [-0.1, -0.05) is 71.9 Å². The number of carboxylic acid groups (broad SMARTS) is 3. The zero-order valence-corrected chi connectivity index (χ0v) is 41.3. The highest BCUT2D eigenvalue weighted by Gasteiger charge is 2.37. The number of hydrogen-bond donors (Lipinski definition) is 14. The van der Waals surface area contributed by atoms with Crippen LogP contribution in [0.1, 0.15) is 99.0 Å². The Morgan fingerprint density at radius 1 is 0.507 bits per heavy atom. The van der Waals surface area contributed by atoms with Crippen LogP contribution in [-0.2, 0) is 59.2 Å². The van der Waals surface area contributed by atoms with Crippen LogP contribution in [0.2, 0.25) is 0 Å². The molecule has 0 aromatic heterocycles. The van der Waals surface area contributed by atoms with Crippen LogP contribution in [-0.4, -0.2) is 153 Å². The lowest BCUT2D eigenvalue weighted by molar-refractivity contribution is -0.143. The fourth-order valence-corrected chi connectivity index (χ4v) is 6.98. The molecule has 0 radical (unpaired) electrons. The molecule has 0 heterocycles. The maximum Gasteiger partial charge on any atom is 0.326 e. The zero-order valence-electron chi connectivity index (χ0n) is 41.3. The van der Waals surface area contributed by atoms with Crippen molar-refractivity contribution in [3.8, 4) is 0 Å². The maximum absolute atomic E-state index is 14.2. The van der Waals surface area contributed by atoms with E-state index in [1.165, 1.54) is 6.92 Å². The molecule has 1 rings (SSSR count). The van der Waals surface area contributed by atoms with E-state index >= 15 is 0 Å². The second-order valence-corrected chi connectivity index (χ2v) is 18.2. The third-order valence-electron chi connectivity index (χ3n) is 10.9. The first-order chi connectivity index (χ1) is 33.2. The van der Waals surface area contributed by atoms with Gasteiger partial charge in [0.1, 0.15) is 48.3 Å². The fraction of sp³-hybridized carbons (Fsp3) is 0.630. The van der Waals surface area contributed by atoms with Crippen LogP contribution >= 0.6 is 0 Å². The molecule has 25 heteroatoms. The monoisotopic (exact) mass is 1010 g/mol. The van der Waals surface area contributed by atoms with Crippen molar-refractivity contribution < 1.29 is 73.2 Å². The highest BCUT2D eigenvalue weighted by atomic mass is 16.4. The van der Waals surface area contributed by atoms with Crippen LogP contribution in [0.25, 0.3) is 0 Å². The first kappa shape index (κ1) is 62.3. The number of aliphatic hydroxyl groups excluding tert-OH is 1. The van der Waals surface area contributed by atoms with Crippen molar-refractivity contribution in [2.75, 3.05) is 13.1 Å². The molecule has 0 spiro atoms. The topological polar surface area (TPSA) is 417 Å². The number of unbranched alkanes of at least 4 members (excludes halogenated alkanes) is 1. The molecule has 0 saturated heterocycles. The lowest BCUT2D eigenvalue weighted by Crippen LogP contribution is -2.62. The van der Waals surface area contributed by atoms with Crippen molar-refractivity contribution in [1.82, 2.24) is 42.5 Å². The smallest absolute Gasteiger partial charge is 0.326 e. The molecule has 9 atom stereocenters. The summed E-state index contributed by atoms with van der Waals surface area (Å²) in [5, 5.41) is 58.8. The van der Waals surface area contributed by atoms with E-state index in [0.717, 1.165) is 0 Å². The van der Waals surface area contributed by atoms with E-state index < -0.39 is 157 Å². The van der Waals surface area contributed by atoms with Gasteiger partial charge >= 0.3 is 17.9 Å². The van der Waals surface area contributed by atoms with Gasteiger partial charge in [0.15, 0.2) is 0 Å². The van der Waals surface area contributed by atoms with Crippen LogP contribution in [0, 0.1) is 17.8 Å². The number of nitrogens with one attached hydrogen (secondary N) is 8. The average Bonchev–Trinajstić information content (AvgIpc) is 3.28. The van der Waals surface area contributed by atoms with Gasteiger partial charge in [0.05, 0.1) is 19.1 Å². The van der Waals surface area contributed by atoms with Gasteiger partial charge < -0.3 is 74.4 Å². The average molecular weight is 1010 g/mol. The standard InChI is InChI=1S/C46H74N10O15/c1-23(2)19-30(40(64)50-29(46(70)71)15-11-12-18-47)51-42(66)32(21-35(61)62)52-39(63)28(16-17-34(59)60)49-41(65)31(20-27-13-9-8-10-14-27)53-43(67)37(25(5)6)55-45(69)38(26(7)57)56-44(68)36(24(3)4)54-33(58)22-48/h8-10,13-14,23-26,28-32,36-38,57H,11-12,15-22,47-48H2,1-7H3,(H,49,65)(H,50,64)(H,51,66)(H,52,63)(H,53,67)(H,54,58)(H,55,69)(H,56,68)(H,59,60)(H,61,62)(H,70,71)/t26-,28+,29+,30+,31+,32+,36+,37+,38+/m1/s1. The second-order valence-electron chi connectivity index (χ2n) is 18.2. The first-order valence-electron chi connectivity index (χ1n) is 23.4. The summed E-state index contributed by atoms with van der Waals surface area (Å²) >= 11 is 0. The summed E-state index contributed by atoms with van der Waals surface area (Å²) < 4.78 is 0. The highest BCUT2D eigenvalue weighted by Crippen LogP contribution is 2.12. The predicted molar refractivity (Wildman–Crippen MR) is 255 cm³/mol. The highest BCUT2D eigenvalue weighted by molar-refractivity contribution is 5.99. The third-order valence-corrected chi connectivity index (χ3v) is 10.9. The van der Waals surface area contributed by atoms with Gasteiger partial charge in [-0.25, -0.2) is 4.79 Å². The number of aliphatic hydroxyl groups is 1. The molecule has 1 aromatic carbocycles. The molecule has 16 N–H and O–H groups in total. The molecule has 0 aliphatic carbocycles. The summed E-state index contributed by atoms with van der Waals surface area (Å²) in [4.78, 5) is 144. The number of carbonyl (C=O) groups excluding carboxylic acids is 8. The van der Waals surface area contributed by atoms with Crippen molar-refractivity contribution in [1.29, 1.82) is 0 Å². The van der Waals surface area contributed by atoms with E-state index in [0.29, 0.717) is 18.4 Å². The first-order valence-corrected chi connectivity index (χ1v) is 23.4. The Bertz CT molecular complexity index is 1980. The Morgan fingerprint density at radius 3 is 1.48 bits per heavy atom. The normalized spacial score (nSPS) is 15.0. The molecular weight excluding hydrogens is 933 g/mol. The van der Waals surface area contributed by atoms with Crippen LogP contribution in [0.15, 0.2) is 30.3 Å². The van der Waals surface area contributed by atoms with Gasteiger partial charge in [-0.05, 0) is 68.9 Å². The number of carboxylic acids is 3. The van der Waals surface area contributed by atoms with Crippen LogP contribution in [0.4, 0.5) is 0 Å². The molecule has 25 nitrogen and oxygen atoms in total. The van der Waals surface area contributed by atoms with E-state index in [4.69, 9.17) is 11.5 Å². The van der Waals surface area contributed by atoms with Gasteiger partial charge in [0.25, 0.3) is 0 Å². The van der Waals surface area contributed by atoms with Crippen LogP contribution < -0.4 is 54.0 Å². The number of nitrogens with two attached hydrogens (primary N) is 2. The Labute approximate surface area is 412 Å². The Hall–Kier alpha value is -6.73. The molecule has 1 aromatic rings. The Balaban J connectivity index is 3.54. The van der Waals surface area contributed by atoms with Gasteiger partial charge in [-0.15, -0.1) is 0 Å². The molecular formula is C46H74N10O15. The zero-order chi connectivity index (χ0) is 54.1. The van der Waals surface area contributed by atoms with Crippen LogP contribution in [0.5, 0.6) is 0 Å². The van der Waals surface area contributed by atoms with Crippen molar-refractivity contribution in [2.45, 2.75) is 154 Å². The quantitative estimate of drug-likeness (QED) is 0.0320. The van der Waals surface area contributed by atoms with Crippen molar-refractivity contribution >= 4 is 65.2 Å². The summed E-state index contributed by atoms with van der Waals surface area (Å²) in [6.45, 7) is 10.8. The maximum atomic E-state index is 14.2. The minimum absolute atomic E-state index is 0.0249. The van der Waals surface area contributed by atoms with Crippen molar-refractivity contribution in [2.24, 2.45) is 29.2 Å². The van der Waals surface area contributed by atoms with Gasteiger partial charge in [-0.2, -0.15) is 0 Å². The van der Waals surface area contributed by atoms with E-state index in [2.05, 4.69) is 42.5 Å². The summed E-state index contributed by atoms with van der Waals surface area (Å²) in [5.74, 6) is -13.5. The molecule has 0 unspecified atom stereocenters. The fourth-order valence-electron chi connectivity index (χ4n) is 6.98. The largest absolute Gasteiger partial charge is 0.481 e. The van der Waals surface area contributed by atoms with E-state index in [9.17, 15) is 73.2 Å². The number of hydrogen-bond acceptors (Lipinski definition) is 14. The molecule has 8 amide bonds. The van der Waals surface area contributed by atoms with Crippen molar-refractivity contribution in [3.63, 3.8) is 0 Å². The number of amides is 8. The Kier molecular flexibility index (Phi) is 27.6. The Morgan fingerprint density at radius 2 is 0.972 bits per heavy atom. The molecule has 71 heavy (non-hydrogen) atoms. The SMILES string of the molecule is CC(C)C[C@H](NC(=O)[C@H](CC(=O)O)NC(=O)[C@H](CCC(=O)O)NC(=O)[C@H](Cc1ccccc1)NC(=O)[C@@H](NC(=O)[C@@H](NC(=O)[C@@H](NC(=O)CN)C(C)C)[C@@H](C)O)C(C)C)C(=O)N[C@@H](CCCCN)C(=O)O. The van der Waals surface area contributed by atoms with E-state index in [1.807, 2.05) is 0 Å². The third kappa shape index (κ3) is 23.2. The summed E-state index contributed by atoms with van der Waals surface area (Å²) in [5.41, 5.74) is 11.4. The second kappa shape index (κ2) is 31.5. The van der Waals surface area contributed by atoms with Gasteiger partial charge in [0.2, 0.25) is 47.3 Å². The van der Waals surface area contributed by atoms with E-state index in [1.54, 1.807) is 71.9 Å². The molecule has 398 valence electrons. The summed E-state index contributed by atoms with van der Waals surface area (Å²) in [6.07, 6.45) is -3.31. The van der Waals surface area contributed by atoms with E-state index in [-0.39, 0.29) is 31.7 Å². The predicted octanol–water partition coefficient (Wildman–Crippen LogP) is -2.64. The number of carbonyl (C=O) groups is 11. The lowest BCUT2D eigenvalue weighted by atomic mass is 9.99. The van der Waals surface area contributed by atoms with Crippen LogP contribution in [0.3, 0.4) is 0 Å². The molecule has 0 fully saturated rings. The summed E-state index contributed by atoms with van der Waals surface area (Å²) in [7, 11) is 0. The van der Waals surface area contributed by atoms with Gasteiger partial charge in [-0.3, -0.25) is 47.9 Å². The number of benzene rings is 1. The lowest BCUT2D eigenvalue weighted by Gasteiger charge is -2.30. The molecule has 0 aliphatic rings. The number of rotatable bonds is 33. The number of aliphatic carboxylic acids is 3. The summed E-state index contributed by atoms with van der Waals surface area (Å²) in [6, 6.07) is -4.03. The van der Waals surface area contributed by atoms with Gasteiger partial charge in [0, 0.05) is 12.8 Å². The molecule has 0 bridgehead atoms. The van der Waals surface area contributed by atoms with Crippen molar-refractivity contribution in [3.05, 3.63) is 35.9 Å².